The van der Waals surface area contributed by atoms with Gasteiger partial charge in [-0.25, -0.2) is 5.43 Å². The molecular formula is C11H8BrClN4O. The lowest BCUT2D eigenvalue weighted by molar-refractivity contribution is 0.0949. The lowest BCUT2D eigenvalue weighted by Crippen LogP contribution is -2.18. The number of nitrogens with one attached hydrogen (secondary N) is 2. The van der Waals surface area contributed by atoms with Crippen LogP contribution in [-0.4, -0.2) is 22.3 Å². The van der Waals surface area contributed by atoms with E-state index >= 15 is 0 Å². The lowest BCUT2D eigenvalue weighted by atomic mass is 10.2. The number of hydrazone groups is 1. The van der Waals surface area contributed by atoms with E-state index in [0.717, 1.165) is 5.56 Å². The van der Waals surface area contributed by atoms with Crippen molar-refractivity contribution in [2.45, 2.75) is 0 Å². The van der Waals surface area contributed by atoms with E-state index in [1.54, 1.807) is 24.3 Å². The Balaban J connectivity index is 1.98. The van der Waals surface area contributed by atoms with E-state index in [2.05, 4.69) is 36.7 Å². The molecule has 0 aliphatic rings. The first-order chi connectivity index (χ1) is 8.66. The number of rotatable bonds is 3. The second-order valence-electron chi connectivity index (χ2n) is 3.34. The first-order valence-electron chi connectivity index (χ1n) is 4.94. The second kappa shape index (κ2) is 5.79. The number of aromatic nitrogens is 2. The maximum Gasteiger partial charge on any atom is 0.290 e. The summed E-state index contributed by atoms with van der Waals surface area (Å²) >= 11 is 8.94. The van der Waals surface area contributed by atoms with E-state index < -0.39 is 0 Å². The van der Waals surface area contributed by atoms with Crippen molar-refractivity contribution in [3.63, 3.8) is 0 Å². The van der Waals surface area contributed by atoms with Crippen LogP contribution in [0, 0.1) is 0 Å². The van der Waals surface area contributed by atoms with E-state index in [0.29, 0.717) is 15.2 Å². The Hall–Kier alpha value is -1.66. The summed E-state index contributed by atoms with van der Waals surface area (Å²) < 4.78 is 0.585. The van der Waals surface area contributed by atoms with Crippen molar-refractivity contribution in [3.8, 4) is 0 Å². The molecule has 2 aromatic rings. The minimum atomic E-state index is -0.371. The highest BCUT2D eigenvalue weighted by Gasteiger charge is 2.10. The standard InChI is InChI=1S/C11H8BrClN4O/c12-9-6-15-16-10(9)11(18)17-14-5-7-1-3-8(13)4-2-7/h1-6H,(H,15,16)(H,17,18)/b14-5-. The number of hydrogen-bond donors (Lipinski definition) is 2. The van der Waals surface area contributed by atoms with E-state index in [1.807, 2.05) is 0 Å². The van der Waals surface area contributed by atoms with Crippen LogP contribution in [0.25, 0.3) is 0 Å². The molecule has 0 saturated heterocycles. The Kier molecular flexibility index (Phi) is 4.11. The van der Waals surface area contributed by atoms with Crippen molar-refractivity contribution < 1.29 is 4.79 Å². The summed E-state index contributed by atoms with van der Waals surface area (Å²) in [6.45, 7) is 0. The molecule has 0 radical (unpaired) electrons. The zero-order valence-corrected chi connectivity index (χ0v) is 11.4. The third-order valence-corrected chi connectivity index (χ3v) is 2.92. The van der Waals surface area contributed by atoms with Crippen molar-refractivity contribution in [2.75, 3.05) is 0 Å². The summed E-state index contributed by atoms with van der Waals surface area (Å²) in [4.78, 5) is 11.6. The molecule has 0 aliphatic carbocycles. The molecule has 18 heavy (non-hydrogen) atoms. The number of hydrogen-bond acceptors (Lipinski definition) is 3. The van der Waals surface area contributed by atoms with Crippen LogP contribution in [0.4, 0.5) is 0 Å². The zero-order chi connectivity index (χ0) is 13.0. The molecule has 92 valence electrons. The SMILES string of the molecule is O=C(N/N=C\c1ccc(Cl)cc1)c1[nH]ncc1Br. The quantitative estimate of drug-likeness (QED) is 0.672. The fourth-order valence-electron chi connectivity index (χ4n) is 1.20. The first kappa shape index (κ1) is 12.8. The molecular weight excluding hydrogens is 320 g/mol. The predicted octanol–water partition coefficient (Wildman–Crippen LogP) is 2.59. The molecule has 0 aliphatic heterocycles. The average molecular weight is 328 g/mol. The van der Waals surface area contributed by atoms with Gasteiger partial charge in [-0.15, -0.1) is 0 Å². The van der Waals surface area contributed by atoms with Crippen molar-refractivity contribution in [1.29, 1.82) is 0 Å². The number of aromatic amines is 1. The normalized spacial score (nSPS) is 10.8. The Labute approximate surface area is 116 Å². The van der Waals surface area contributed by atoms with Crippen LogP contribution < -0.4 is 5.43 Å². The fourth-order valence-corrected chi connectivity index (χ4v) is 1.70. The molecule has 1 aromatic heterocycles. The summed E-state index contributed by atoms with van der Waals surface area (Å²) in [5.41, 5.74) is 3.54. The molecule has 1 amide bonds. The molecule has 0 saturated carbocycles. The van der Waals surface area contributed by atoms with Gasteiger partial charge in [-0.05, 0) is 33.6 Å². The van der Waals surface area contributed by atoms with Gasteiger partial charge >= 0.3 is 0 Å². The van der Waals surface area contributed by atoms with Gasteiger partial charge < -0.3 is 0 Å². The van der Waals surface area contributed by atoms with Gasteiger partial charge in [0, 0.05) is 5.02 Å². The minimum Gasteiger partial charge on any atom is -0.272 e. The minimum absolute atomic E-state index is 0.322. The van der Waals surface area contributed by atoms with E-state index in [-0.39, 0.29) is 5.91 Å². The van der Waals surface area contributed by atoms with Gasteiger partial charge in [0.15, 0.2) is 0 Å². The van der Waals surface area contributed by atoms with Gasteiger partial charge in [0.1, 0.15) is 5.69 Å². The van der Waals surface area contributed by atoms with Crippen LogP contribution in [-0.2, 0) is 0 Å². The molecule has 0 spiro atoms. The number of carbonyl (C=O) groups is 1. The molecule has 1 aromatic carbocycles. The average Bonchev–Trinajstić information content (AvgIpc) is 2.78. The Morgan fingerprint density at radius 3 is 2.78 bits per heavy atom. The first-order valence-corrected chi connectivity index (χ1v) is 6.12. The molecule has 2 N–H and O–H groups in total. The third kappa shape index (κ3) is 3.18. The second-order valence-corrected chi connectivity index (χ2v) is 4.63. The van der Waals surface area contributed by atoms with Gasteiger partial charge in [0.25, 0.3) is 5.91 Å². The predicted molar refractivity (Wildman–Crippen MR) is 72.8 cm³/mol. The number of nitrogens with zero attached hydrogens (tertiary/aromatic N) is 2. The van der Waals surface area contributed by atoms with Crippen LogP contribution in [0.1, 0.15) is 16.1 Å². The molecule has 2 rings (SSSR count). The number of halogens is 2. The topological polar surface area (TPSA) is 70.1 Å². The summed E-state index contributed by atoms with van der Waals surface area (Å²) in [5.74, 6) is -0.371. The summed E-state index contributed by atoms with van der Waals surface area (Å²) in [7, 11) is 0. The van der Waals surface area contributed by atoms with Crippen LogP contribution >= 0.6 is 27.5 Å². The molecule has 0 fully saturated rings. The maximum absolute atomic E-state index is 11.6. The van der Waals surface area contributed by atoms with Crippen LogP contribution in [0.15, 0.2) is 40.0 Å². The van der Waals surface area contributed by atoms with Gasteiger partial charge in [-0.1, -0.05) is 23.7 Å². The van der Waals surface area contributed by atoms with Gasteiger partial charge in [-0.2, -0.15) is 10.2 Å². The molecule has 0 atom stereocenters. The largest absolute Gasteiger partial charge is 0.290 e. The fraction of sp³-hybridized carbons (Fsp3) is 0. The number of H-pyrrole nitrogens is 1. The third-order valence-electron chi connectivity index (χ3n) is 2.07. The zero-order valence-electron chi connectivity index (χ0n) is 9.02. The molecule has 1 heterocycles. The highest BCUT2D eigenvalue weighted by molar-refractivity contribution is 9.10. The molecule has 5 nitrogen and oxygen atoms in total. The monoisotopic (exact) mass is 326 g/mol. The van der Waals surface area contributed by atoms with Gasteiger partial charge in [0.05, 0.1) is 16.9 Å². The summed E-state index contributed by atoms with van der Waals surface area (Å²) in [6, 6.07) is 7.08. The van der Waals surface area contributed by atoms with E-state index in [1.165, 1.54) is 12.4 Å². The molecule has 7 heteroatoms. The summed E-state index contributed by atoms with van der Waals surface area (Å²) in [6.07, 6.45) is 3.02. The van der Waals surface area contributed by atoms with Gasteiger partial charge in [-0.3, -0.25) is 9.89 Å². The van der Waals surface area contributed by atoms with Crippen molar-refractivity contribution >= 4 is 39.7 Å². The Morgan fingerprint density at radius 2 is 2.17 bits per heavy atom. The Morgan fingerprint density at radius 1 is 1.44 bits per heavy atom. The van der Waals surface area contributed by atoms with Crippen LogP contribution in [0.3, 0.4) is 0 Å². The highest BCUT2D eigenvalue weighted by atomic mass is 79.9. The lowest BCUT2D eigenvalue weighted by Gasteiger charge is -1.97. The number of carbonyl (C=O) groups excluding carboxylic acids is 1. The van der Waals surface area contributed by atoms with Crippen molar-refractivity contribution in [1.82, 2.24) is 15.6 Å². The van der Waals surface area contributed by atoms with E-state index in [4.69, 9.17) is 11.6 Å². The van der Waals surface area contributed by atoms with Gasteiger partial charge in [0.2, 0.25) is 0 Å². The van der Waals surface area contributed by atoms with E-state index in [9.17, 15) is 4.79 Å². The Bertz CT molecular complexity index is 579. The van der Waals surface area contributed by atoms with Crippen molar-refractivity contribution in [3.05, 3.63) is 51.2 Å². The highest BCUT2D eigenvalue weighted by Crippen LogP contribution is 2.12. The number of benzene rings is 1. The van der Waals surface area contributed by atoms with Crippen LogP contribution in [0.2, 0.25) is 5.02 Å². The van der Waals surface area contributed by atoms with Crippen molar-refractivity contribution in [2.24, 2.45) is 5.10 Å². The number of amides is 1. The molecule has 0 bridgehead atoms. The van der Waals surface area contributed by atoms with Crippen LogP contribution in [0.5, 0.6) is 0 Å². The summed E-state index contributed by atoms with van der Waals surface area (Å²) in [5, 5.41) is 10.8. The maximum atomic E-state index is 11.6. The molecule has 0 unspecified atom stereocenters. The smallest absolute Gasteiger partial charge is 0.272 e.